The largest absolute Gasteiger partial charge is 0.507 e. The molecule has 32 heavy (non-hydrogen) atoms. The number of aromatic hydroxyl groups is 1. The van der Waals surface area contributed by atoms with Crippen LogP contribution in [0, 0.1) is 0 Å². The van der Waals surface area contributed by atoms with E-state index in [1.54, 1.807) is 19.4 Å². The summed E-state index contributed by atoms with van der Waals surface area (Å²) in [5.41, 5.74) is 3.12. The van der Waals surface area contributed by atoms with Crippen LogP contribution >= 0.6 is 0 Å². The van der Waals surface area contributed by atoms with Crippen molar-refractivity contribution in [2.45, 2.75) is 50.2 Å². The Morgan fingerprint density at radius 2 is 1.78 bits per heavy atom. The number of phenols is 1. The maximum absolute atomic E-state index is 10.7. The van der Waals surface area contributed by atoms with E-state index >= 15 is 0 Å². The molecule has 2 aromatic heterocycles. The molecule has 166 valence electrons. The number of nitrogens with zero attached hydrogens (tertiary/aromatic N) is 4. The summed E-state index contributed by atoms with van der Waals surface area (Å²) in [7, 11) is 3.70. The maximum atomic E-state index is 10.7. The number of piperidine rings is 2. The molecule has 4 heterocycles. The van der Waals surface area contributed by atoms with Crippen molar-refractivity contribution >= 4 is 5.82 Å². The molecule has 1 aromatic carbocycles. The second-order valence-electron chi connectivity index (χ2n) is 8.82. The highest BCUT2D eigenvalue weighted by Gasteiger charge is 2.33. The van der Waals surface area contributed by atoms with Crippen molar-refractivity contribution in [1.29, 1.82) is 0 Å². The number of methoxy groups -OCH3 is 1. The standard InChI is InChI=1S/C25H29N5O2/c1-30(20-14-18-4-3-5-19(15-20)27-18)24-9-8-22(28-29-24)21-7-6-16(12-23(21)31)17-10-11-26-25(13-17)32-2/h6-13,18-20,27,31H,3-5,14-15H2,1-2H3/t18-,19+,20-. The third-order valence-corrected chi connectivity index (χ3v) is 6.80. The van der Waals surface area contributed by atoms with Crippen LogP contribution in [0.3, 0.4) is 0 Å². The predicted molar refractivity (Wildman–Crippen MR) is 125 cm³/mol. The van der Waals surface area contributed by atoms with Gasteiger partial charge in [-0.15, -0.1) is 10.2 Å². The summed E-state index contributed by atoms with van der Waals surface area (Å²) in [6.07, 6.45) is 7.87. The summed E-state index contributed by atoms with van der Waals surface area (Å²) in [6, 6.07) is 15.0. The minimum absolute atomic E-state index is 0.167. The van der Waals surface area contributed by atoms with Gasteiger partial charge in [0.25, 0.3) is 0 Å². The molecule has 2 aliphatic rings. The van der Waals surface area contributed by atoms with E-state index in [1.165, 1.54) is 19.3 Å². The number of anilines is 1. The first-order chi connectivity index (χ1) is 15.6. The molecule has 0 amide bonds. The molecule has 2 fully saturated rings. The third kappa shape index (κ3) is 4.12. The number of fused-ring (bicyclic) bond motifs is 2. The van der Waals surface area contributed by atoms with Gasteiger partial charge in [-0.05, 0) is 67.1 Å². The first-order valence-corrected chi connectivity index (χ1v) is 11.3. The molecule has 7 nitrogen and oxygen atoms in total. The van der Waals surface area contributed by atoms with Gasteiger partial charge in [-0.3, -0.25) is 0 Å². The minimum atomic E-state index is 0.167. The summed E-state index contributed by atoms with van der Waals surface area (Å²) in [5, 5.41) is 23.3. The highest BCUT2D eigenvalue weighted by atomic mass is 16.5. The molecule has 7 heteroatoms. The van der Waals surface area contributed by atoms with E-state index in [4.69, 9.17) is 4.74 Å². The molecule has 2 bridgehead atoms. The van der Waals surface area contributed by atoms with Gasteiger partial charge in [0.15, 0.2) is 5.82 Å². The van der Waals surface area contributed by atoms with Gasteiger partial charge in [-0.2, -0.15) is 0 Å². The SMILES string of the molecule is COc1cc(-c2ccc(-c3ccc(N(C)[C@@H]4C[C@H]5CCC[C@@H](C4)N5)nn3)c(O)c2)ccn1. The van der Waals surface area contributed by atoms with Crippen LogP contribution in [0.5, 0.6) is 11.6 Å². The molecule has 0 unspecified atom stereocenters. The van der Waals surface area contributed by atoms with Crippen molar-refractivity contribution in [3.05, 3.63) is 48.7 Å². The topological polar surface area (TPSA) is 83.4 Å². The third-order valence-electron chi connectivity index (χ3n) is 6.80. The fourth-order valence-electron chi connectivity index (χ4n) is 5.02. The number of phenolic OH excluding ortho intramolecular Hbond substituents is 1. The van der Waals surface area contributed by atoms with Crippen molar-refractivity contribution in [3.8, 4) is 34.0 Å². The van der Waals surface area contributed by atoms with E-state index in [1.807, 2.05) is 36.4 Å². The number of pyridine rings is 1. The second kappa shape index (κ2) is 8.74. The van der Waals surface area contributed by atoms with Crippen LogP contribution < -0.4 is 15.0 Å². The average molecular weight is 432 g/mol. The quantitative estimate of drug-likeness (QED) is 0.631. The molecule has 3 aromatic rings. The number of aromatic nitrogens is 3. The van der Waals surface area contributed by atoms with E-state index < -0.39 is 0 Å². The number of hydrogen-bond acceptors (Lipinski definition) is 7. The minimum Gasteiger partial charge on any atom is -0.507 e. The van der Waals surface area contributed by atoms with Crippen molar-refractivity contribution in [3.63, 3.8) is 0 Å². The van der Waals surface area contributed by atoms with Crippen LogP contribution in [0.1, 0.15) is 32.1 Å². The van der Waals surface area contributed by atoms with Gasteiger partial charge in [-0.1, -0.05) is 12.5 Å². The molecular formula is C25H29N5O2. The lowest BCUT2D eigenvalue weighted by Crippen LogP contribution is -2.54. The van der Waals surface area contributed by atoms with Gasteiger partial charge < -0.3 is 20.1 Å². The Kier molecular flexibility index (Phi) is 5.66. The zero-order valence-electron chi connectivity index (χ0n) is 18.5. The molecule has 0 spiro atoms. The molecule has 0 aliphatic carbocycles. The monoisotopic (exact) mass is 431 g/mol. The zero-order valence-corrected chi connectivity index (χ0v) is 18.5. The molecule has 3 atom stereocenters. The smallest absolute Gasteiger partial charge is 0.213 e. The Morgan fingerprint density at radius 1 is 1.00 bits per heavy atom. The highest BCUT2D eigenvalue weighted by Crippen LogP contribution is 2.34. The molecule has 0 radical (unpaired) electrons. The van der Waals surface area contributed by atoms with Crippen LogP contribution in [0.15, 0.2) is 48.7 Å². The van der Waals surface area contributed by atoms with Crippen LogP contribution in [-0.2, 0) is 0 Å². The van der Waals surface area contributed by atoms with Crippen LogP contribution in [0.4, 0.5) is 5.82 Å². The number of benzene rings is 1. The Bertz CT molecular complexity index is 1080. The fourth-order valence-corrected chi connectivity index (χ4v) is 5.02. The van der Waals surface area contributed by atoms with Crippen molar-refractivity contribution in [1.82, 2.24) is 20.5 Å². The molecule has 2 aliphatic heterocycles. The lowest BCUT2D eigenvalue weighted by Gasteiger charge is -2.43. The summed E-state index contributed by atoms with van der Waals surface area (Å²) < 4.78 is 5.20. The first kappa shape index (κ1) is 20.7. The van der Waals surface area contributed by atoms with Gasteiger partial charge >= 0.3 is 0 Å². The van der Waals surface area contributed by atoms with Gasteiger partial charge in [0.05, 0.1) is 12.8 Å². The number of ether oxygens (including phenoxy) is 1. The van der Waals surface area contributed by atoms with Crippen LogP contribution in [0.2, 0.25) is 0 Å². The predicted octanol–water partition coefficient (Wildman–Crippen LogP) is 4.03. The maximum Gasteiger partial charge on any atom is 0.213 e. The Hall–Kier alpha value is -3.19. The summed E-state index contributed by atoms with van der Waals surface area (Å²) >= 11 is 0. The van der Waals surface area contributed by atoms with Crippen molar-refractivity contribution in [2.24, 2.45) is 0 Å². The number of hydrogen-bond donors (Lipinski definition) is 2. The summed E-state index contributed by atoms with van der Waals surface area (Å²) in [6.45, 7) is 0. The molecule has 0 saturated carbocycles. The van der Waals surface area contributed by atoms with Gasteiger partial charge in [0.2, 0.25) is 5.88 Å². The van der Waals surface area contributed by atoms with Crippen LogP contribution in [-0.4, -0.2) is 52.6 Å². The lowest BCUT2D eigenvalue weighted by molar-refractivity contribution is 0.219. The van der Waals surface area contributed by atoms with Crippen molar-refractivity contribution in [2.75, 3.05) is 19.1 Å². The van der Waals surface area contributed by atoms with E-state index in [9.17, 15) is 5.11 Å². The summed E-state index contributed by atoms with van der Waals surface area (Å²) in [5.74, 6) is 1.58. The zero-order chi connectivity index (χ0) is 22.1. The van der Waals surface area contributed by atoms with E-state index in [-0.39, 0.29) is 5.75 Å². The summed E-state index contributed by atoms with van der Waals surface area (Å²) in [4.78, 5) is 6.40. The van der Waals surface area contributed by atoms with Gasteiger partial charge in [0, 0.05) is 43.0 Å². The Morgan fingerprint density at radius 3 is 2.47 bits per heavy atom. The molecule has 5 rings (SSSR count). The van der Waals surface area contributed by atoms with Gasteiger partial charge in [0.1, 0.15) is 5.75 Å². The van der Waals surface area contributed by atoms with Crippen LogP contribution in [0.25, 0.3) is 22.4 Å². The molecular weight excluding hydrogens is 402 g/mol. The van der Waals surface area contributed by atoms with E-state index in [2.05, 4.69) is 32.4 Å². The highest BCUT2D eigenvalue weighted by molar-refractivity contribution is 5.74. The fraction of sp³-hybridized carbons (Fsp3) is 0.400. The number of nitrogens with one attached hydrogen (secondary N) is 1. The second-order valence-corrected chi connectivity index (χ2v) is 8.82. The van der Waals surface area contributed by atoms with Crippen molar-refractivity contribution < 1.29 is 9.84 Å². The number of rotatable bonds is 5. The average Bonchev–Trinajstić information content (AvgIpc) is 2.83. The Labute approximate surface area is 188 Å². The lowest BCUT2D eigenvalue weighted by atomic mass is 9.83. The van der Waals surface area contributed by atoms with E-state index in [0.29, 0.717) is 35.3 Å². The van der Waals surface area contributed by atoms with E-state index in [0.717, 1.165) is 29.8 Å². The molecule has 2 saturated heterocycles. The molecule has 2 N–H and O–H groups in total. The first-order valence-electron chi connectivity index (χ1n) is 11.3. The Balaban J connectivity index is 1.33. The van der Waals surface area contributed by atoms with Gasteiger partial charge in [-0.25, -0.2) is 4.98 Å². The normalized spacial score (nSPS) is 22.4.